The van der Waals surface area contributed by atoms with Gasteiger partial charge in [-0.15, -0.1) is 0 Å². The lowest BCUT2D eigenvalue weighted by atomic mass is 10.1. The van der Waals surface area contributed by atoms with Gasteiger partial charge in [0.2, 0.25) is 0 Å². The molecule has 0 bridgehead atoms. The molecule has 6 heteroatoms. The van der Waals surface area contributed by atoms with Crippen LogP contribution < -0.4 is 25.4 Å². The molecule has 122 valence electrons. The third kappa shape index (κ3) is 3.66. The number of amides is 1. The molecule has 6 nitrogen and oxygen atoms in total. The van der Waals surface area contributed by atoms with Crippen molar-refractivity contribution >= 4 is 23.0 Å². The lowest BCUT2D eigenvalue weighted by Gasteiger charge is -2.18. The van der Waals surface area contributed by atoms with Crippen LogP contribution in [0.15, 0.2) is 36.4 Å². The number of methoxy groups -OCH3 is 2. The average molecular weight is 315 g/mol. The predicted octanol–water partition coefficient (Wildman–Crippen LogP) is 2.60. The van der Waals surface area contributed by atoms with Crippen molar-refractivity contribution in [3.8, 4) is 11.5 Å². The molecule has 0 unspecified atom stereocenters. The molecule has 0 aliphatic carbocycles. The summed E-state index contributed by atoms with van der Waals surface area (Å²) in [5.74, 6) is 0.906. The van der Waals surface area contributed by atoms with Gasteiger partial charge in [-0.25, -0.2) is 0 Å². The Labute approximate surface area is 135 Å². The van der Waals surface area contributed by atoms with Crippen molar-refractivity contribution in [3.05, 3.63) is 42.0 Å². The topological polar surface area (TPSA) is 76.8 Å². The lowest BCUT2D eigenvalue weighted by Crippen LogP contribution is -2.19. The largest absolute Gasteiger partial charge is 0.497 e. The van der Waals surface area contributed by atoms with Crippen molar-refractivity contribution in [1.82, 2.24) is 0 Å². The molecule has 0 heterocycles. The molecule has 1 amide bonds. The van der Waals surface area contributed by atoms with E-state index in [0.29, 0.717) is 28.4 Å². The molecule has 0 aliphatic rings. The Bertz CT molecular complexity index is 714. The third-order valence-corrected chi connectivity index (χ3v) is 3.40. The van der Waals surface area contributed by atoms with Crippen LogP contribution in [0.25, 0.3) is 0 Å². The summed E-state index contributed by atoms with van der Waals surface area (Å²) in [5.41, 5.74) is 8.14. The zero-order valence-electron chi connectivity index (χ0n) is 13.7. The fraction of sp³-hybridized carbons (Fsp3) is 0.235. The van der Waals surface area contributed by atoms with Gasteiger partial charge in [0, 0.05) is 31.5 Å². The zero-order chi connectivity index (χ0) is 17.0. The summed E-state index contributed by atoms with van der Waals surface area (Å²) in [4.78, 5) is 14.5. The second-order valence-electron chi connectivity index (χ2n) is 5.19. The standard InChI is InChI=1S/C17H21N3O3/c1-20(2)15-7-5-11(18)9-13(15)17(21)19-14-10-12(22-3)6-8-16(14)23-4/h5-10H,18H2,1-4H3,(H,19,21). The van der Waals surface area contributed by atoms with Crippen molar-refractivity contribution in [1.29, 1.82) is 0 Å². The van der Waals surface area contributed by atoms with Crippen molar-refractivity contribution in [3.63, 3.8) is 0 Å². The molecule has 0 fully saturated rings. The Balaban J connectivity index is 2.38. The maximum Gasteiger partial charge on any atom is 0.257 e. The van der Waals surface area contributed by atoms with E-state index in [1.165, 1.54) is 0 Å². The van der Waals surface area contributed by atoms with Gasteiger partial charge in [0.25, 0.3) is 5.91 Å². The maximum absolute atomic E-state index is 12.7. The van der Waals surface area contributed by atoms with Crippen molar-refractivity contribution < 1.29 is 14.3 Å². The van der Waals surface area contributed by atoms with E-state index in [1.807, 2.05) is 25.1 Å². The molecule has 0 aromatic heterocycles. The van der Waals surface area contributed by atoms with E-state index in [0.717, 1.165) is 5.69 Å². The van der Waals surface area contributed by atoms with E-state index in [1.54, 1.807) is 44.6 Å². The molecule has 0 saturated heterocycles. The number of benzene rings is 2. The molecule has 2 rings (SSSR count). The third-order valence-electron chi connectivity index (χ3n) is 3.40. The number of anilines is 3. The molecule has 0 radical (unpaired) electrons. The zero-order valence-corrected chi connectivity index (χ0v) is 13.7. The quantitative estimate of drug-likeness (QED) is 0.829. The van der Waals surface area contributed by atoms with Gasteiger partial charge in [-0.05, 0) is 30.3 Å². The van der Waals surface area contributed by atoms with Gasteiger partial charge in [0.1, 0.15) is 11.5 Å². The molecule has 2 aromatic rings. The van der Waals surface area contributed by atoms with E-state index >= 15 is 0 Å². The monoisotopic (exact) mass is 315 g/mol. The minimum absolute atomic E-state index is 0.271. The van der Waals surface area contributed by atoms with Crippen molar-refractivity contribution in [2.45, 2.75) is 0 Å². The molecular formula is C17H21N3O3. The average Bonchev–Trinajstić information content (AvgIpc) is 2.54. The number of rotatable bonds is 5. The van der Waals surface area contributed by atoms with Crippen LogP contribution in [0.4, 0.5) is 17.1 Å². The summed E-state index contributed by atoms with van der Waals surface area (Å²) in [6.45, 7) is 0. The van der Waals surface area contributed by atoms with E-state index in [4.69, 9.17) is 15.2 Å². The number of carbonyl (C=O) groups excluding carboxylic acids is 1. The first kappa shape index (κ1) is 16.5. The van der Waals surface area contributed by atoms with Gasteiger partial charge in [-0.3, -0.25) is 4.79 Å². The van der Waals surface area contributed by atoms with Crippen LogP contribution in [0.5, 0.6) is 11.5 Å². The van der Waals surface area contributed by atoms with Crippen molar-refractivity contribution in [2.75, 3.05) is 44.3 Å². The summed E-state index contributed by atoms with van der Waals surface area (Å²) in [6, 6.07) is 10.4. The molecule has 0 atom stereocenters. The summed E-state index contributed by atoms with van der Waals surface area (Å²) < 4.78 is 10.5. The van der Waals surface area contributed by atoms with Crippen LogP contribution in [0, 0.1) is 0 Å². The van der Waals surface area contributed by atoms with Crippen LogP contribution >= 0.6 is 0 Å². The minimum Gasteiger partial charge on any atom is -0.497 e. The van der Waals surface area contributed by atoms with Gasteiger partial charge in [0.15, 0.2) is 0 Å². The van der Waals surface area contributed by atoms with Crippen LogP contribution in [0.2, 0.25) is 0 Å². The highest BCUT2D eigenvalue weighted by Crippen LogP contribution is 2.30. The summed E-state index contributed by atoms with van der Waals surface area (Å²) in [6.07, 6.45) is 0. The van der Waals surface area contributed by atoms with Gasteiger partial charge < -0.3 is 25.4 Å². The summed E-state index contributed by atoms with van der Waals surface area (Å²) >= 11 is 0. The number of nitrogens with one attached hydrogen (secondary N) is 1. The first-order valence-electron chi connectivity index (χ1n) is 7.06. The first-order chi connectivity index (χ1) is 11.0. The van der Waals surface area contributed by atoms with Crippen LogP contribution in [0.1, 0.15) is 10.4 Å². The number of carbonyl (C=O) groups is 1. The van der Waals surface area contributed by atoms with E-state index in [2.05, 4.69) is 5.32 Å². The van der Waals surface area contributed by atoms with E-state index in [-0.39, 0.29) is 5.91 Å². The summed E-state index contributed by atoms with van der Waals surface area (Å²) in [5, 5.41) is 2.85. The molecule has 23 heavy (non-hydrogen) atoms. The molecule has 0 aliphatic heterocycles. The fourth-order valence-electron chi connectivity index (χ4n) is 2.23. The van der Waals surface area contributed by atoms with Gasteiger partial charge in [-0.1, -0.05) is 0 Å². The highest BCUT2D eigenvalue weighted by molar-refractivity contribution is 6.09. The van der Waals surface area contributed by atoms with Crippen LogP contribution in [-0.2, 0) is 0 Å². The number of nitrogens with zero attached hydrogens (tertiary/aromatic N) is 1. The highest BCUT2D eigenvalue weighted by Gasteiger charge is 2.16. The normalized spacial score (nSPS) is 10.1. The van der Waals surface area contributed by atoms with E-state index in [9.17, 15) is 4.79 Å². The fourth-order valence-corrected chi connectivity index (χ4v) is 2.23. The minimum atomic E-state index is -0.271. The molecule has 0 saturated carbocycles. The Hall–Kier alpha value is -2.89. The van der Waals surface area contributed by atoms with Gasteiger partial charge in [0.05, 0.1) is 25.5 Å². The van der Waals surface area contributed by atoms with Crippen molar-refractivity contribution in [2.24, 2.45) is 0 Å². The lowest BCUT2D eigenvalue weighted by molar-refractivity contribution is 0.102. The maximum atomic E-state index is 12.7. The highest BCUT2D eigenvalue weighted by atomic mass is 16.5. The Morgan fingerprint density at radius 1 is 1.09 bits per heavy atom. The Kier molecular flexibility index (Phi) is 4.95. The number of ether oxygens (including phenoxy) is 2. The van der Waals surface area contributed by atoms with Gasteiger partial charge >= 0.3 is 0 Å². The molecule has 0 spiro atoms. The number of hydrogen-bond acceptors (Lipinski definition) is 5. The number of hydrogen-bond donors (Lipinski definition) is 2. The van der Waals surface area contributed by atoms with Crippen LogP contribution in [-0.4, -0.2) is 34.2 Å². The SMILES string of the molecule is COc1ccc(OC)c(NC(=O)c2cc(N)ccc2N(C)C)c1. The molecule has 2 aromatic carbocycles. The second kappa shape index (κ2) is 6.91. The predicted molar refractivity (Wildman–Crippen MR) is 92.7 cm³/mol. The molecule has 3 N–H and O–H groups in total. The Morgan fingerprint density at radius 3 is 2.43 bits per heavy atom. The number of nitrogen functional groups attached to an aromatic ring is 1. The first-order valence-corrected chi connectivity index (χ1v) is 7.06. The summed E-state index contributed by atoms with van der Waals surface area (Å²) in [7, 11) is 6.85. The number of nitrogens with two attached hydrogens (primary N) is 1. The van der Waals surface area contributed by atoms with Crippen LogP contribution in [0.3, 0.4) is 0 Å². The van der Waals surface area contributed by atoms with Gasteiger partial charge in [-0.2, -0.15) is 0 Å². The Morgan fingerprint density at radius 2 is 1.83 bits per heavy atom. The van der Waals surface area contributed by atoms with E-state index < -0.39 is 0 Å². The smallest absolute Gasteiger partial charge is 0.257 e. The second-order valence-corrected chi connectivity index (χ2v) is 5.19. The molecular weight excluding hydrogens is 294 g/mol.